The smallest absolute Gasteiger partial charge is 0.328 e. The summed E-state index contributed by atoms with van der Waals surface area (Å²) < 4.78 is 50.3. The molecule has 0 bridgehead atoms. The van der Waals surface area contributed by atoms with Crippen molar-refractivity contribution in [1.82, 2.24) is 19.9 Å². The van der Waals surface area contributed by atoms with Crippen molar-refractivity contribution in [1.29, 1.82) is 0 Å². The van der Waals surface area contributed by atoms with E-state index in [2.05, 4.69) is 15.0 Å². The Morgan fingerprint density at radius 3 is 2.56 bits per heavy atom. The number of ether oxygens (including phenoxy) is 3. The van der Waals surface area contributed by atoms with Crippen molar-refractivity contribution >= 4 is 23.1 Å². The van der Waals surface area contributed by atoms with Gasteiger partial charge in [-0.25, -0.2) is 18.6 Å². The van der Waals surface area contributed by atoms with Crippen LogP contribution in [0.2, 0.25) is 0 Å². The third kappa shape index (κ3) is 5.74. The van der Waals surface area contributed by atoms with Gasteiger partial charge < -0.3 is 28.6 Å². The van der Waals surface area contributed by atoms with Crippen molar-refractivity contribution in [3.8, 4) is 34.8 Å². The number of amides is 1. The van der Waals surface area contributed by atoms with E-state index in [1.165, 1.54) is 4.90 Å². The van der Waals surface area contributed by atoms with Crippen LogP contribution < -0.4 is 14.2 Å². The van der Waals surface area contributed by atoms with E-state index in [1.54, 1.807) is 32.9 Å². The lowest BCUT2D eigenvalue weighted by molar-refractivity contribution is -0.149. The van der Waals surface area contributed by atoms with Gasteiger partial charge in [0.05, 0.1) is 6.61 Å². The highest BCUT2D eigenvalue weighted by Crippen LogP contribution is 2.35. The first-order chi connectivity index (χ1) is 19.6. The first-order valence-electron chi connectivity index (χ1n) is 12.9. The van der Waals surface area contributed by atoms with Gasteiger partial charge in [0.15, 0.2) is 23.7 Å². The molecule has 1 aliphatic rings. The monoisotopic (exact) mass is 568 g/mol. The number of aryl methyl sites for hydroxylation is 2. The van der Waals surface area contributed by atoms with Gasteiger partial charge in [0.2, 0.25) is 5.89 Å². The molecule has 2 aromatic carbocycles. The minimum absolute atomic E-state index is 0.00471. The van der Waals surface area contributed by atoms with E-state index < -0.39 is 35.3 Å². The predicted octanol–water partition coefficient (Wildman–Crippen LogP) is 4.83. The maximum Gasteiger partial charge on any atom is 0.328 e. The van der Waals surface area contributed by atoms with Crippen molar-refractivity contribution in [2.75, 3.05) is 19.8 Å². The number of carbonyl (C=O) groups is 2. The number of carboxylic acids is 1. The fraction of sp³-hybridized carbons (Fsp3) is 0.321. The summed E-state index contributed by atoms with van der Waals surface area (Å²) in [6.45, 7) is 5.64. The van der Waals surface area contributed by atoms with Gasteiger partial charge in [-0.15, -0.1) is 0 Å². The van der Waals surface area contributed by atoms with Crippen LogP contribution in [0, 0.1) is 25.5 Å². The highest BCUT2D eigenvalue weighted by molar-refractivity contribution is 5.85. The van der Waals surface area contributed by atoms with Crippen molar-refractivity contribution in [2.45, 2.75) is 39.7 Å². The lowest BCUT2D eigenvalue weighted by Crippen LogP contribution is -2.42. The summed E-state index contributed by atoms with van der Waals surface area (Å²) in [4.78, 5) is 38.2. The minimum Gasteiger partial charge on any atom is -0.483 e. The highest BCUT2D eigenvalue weighted by Gasteiger charge is 2.34. The van der Waals surface area contributed by atoms with E-state index in [-0.39, 0.29) is 42.2 Å². The van der Waals surface area contributed by atoms with Gasteiger partial charge in [0, 0.05) is 18.2 Å². The van der Waals surface area contributed by atoms with E-state index in [9.17, 15) is 23.5 Å². The van der Waals surface area contributed by atoms with Crippen LogP contribution in [-0.4, -0.2) is 62.6 Å². The number of hydrogen-bond donors (Lipinski definition) is 1. The summed E-state index contributed by atoms with van der Waals surface area (Å²) in [5.41, 5.74) is 2.16. The molecule has 0 unspecified atom stereocenters. The Morgan fingerprint density at radius 2 is 1.85 bits per heavy atom. The summed E-state index contributed by atoms with van der Waals surface area (Å²) in [7, 11) is 0. The standard InChI is InChI=1S/C28H26F2N4O7/c1-4-38-25-22-26(33-28(32-25)40-20-12-17(29)7-8-18(20)30)41-24(31-22)16-10-14(2)23(15(3)11-16)39-13-21(35)34-9-5-6-19(34)27(36)37/h7-8,10-12,19H,4-6,9,13H2,1-3H3,(H,36,37)/t19-/m0/s1. The second kappa shape index (κ2) is 11.4. The molecule has 11 nitrogen and oxygen atoms in total. The Kier molecular flexibility index (Phi) is 7.68. The van der Waals surface area contributed by atoms with Gasteiger partial charge in [-0.1, -0.05) is 0 Å². The van der Waals surface area contributed by atoms with Crippen LogP contribution >= 0.6 is 0 Å². The Bertz CT molecular complexity index is 1620. The number of carbonyl (C=O) groups excluding carboxylic acids is 1. The molecule has 1 fully saturated rings. The van der Waals surface area contributed by atoms with Gasteiger partial charge in [-0.05, 0) is 69.0 Å². The molecule has 5 rings (SSSR count). The quantitative estimate of drug-likeness (QED) is 0.299. The molecule has 1 aliphatic heterocycles. The first kappa shape index (κ1) is 27.7. The van der Waals surface area contributed by atoms with Crippen LogP contribution in [0.15, 0.2) is 34.7 Å². The molecular formula is C28H26F2N4O7. The van der Waals surface area contributed by atoms with Crippen LogP contribution in [0.25, 0.3) is 22.7 Å². The molecule has 0 saturated carbocycles. The van der Waals surface area contributed by atoms with Crippen LogP contribution in [0.3, 0.4) is 0 Å². The van der Waals surface area contributed by atoms with Crippen LogP contribution in [-0.2, 0) is 9.59 Å². The number of oxazole rings is 1. The Labute approximate surface area is 232 Å². The summed E-state index contributed by atoms with van der Waals surface area (Å²) in [5.74, 6) is -2.63. The van der Waals surface area contributed by atoms with Gasteiger partial charge in [-0.2, -0.15) is 9.97 Å². The fourth-order valence-electron chi connectivity index (χ4n) is 4.68. The van der Waals surface area contributed by atoms with E-state index in [4.69, 9.17) is 18.6 Å². The van der Waals surface area contributed by atoms with Crippen molar-refractivity contribution in [3.63, 3.8) is 0 Å². The second-order valence-corrected chi connectivity index (χ2v) is 9.41. The number of hydrogen-bond acceptors (Lipinski definition) is 9. The Morgan fingerprint density at radius 1 is 1.10 bits per heavy atom. The highest BCUT2D eigenvalue weighted by atomic mass is 19.1. The maximum absolute atomic E-state index is 14.1. The summed E-state index contributed by atoms with van der Waals surface area (Å²) >= 11 is 0. The molecule has 3 heterocycles. The number of benzene rings is 2. The molecule has 0 aliphatic carbocycles. The summed E-state index contributed by atoms with van der Waals surface area (Å²) in [6, 6.07) is 5.10. The number of aliphatic carboxylic acids is 1. The zero-order chi connectivity index (χ0) is 29.3. The molecular weight excluding hydrogens is 542 g/mol. The summed E-state index contributed by atoms with van der Waals surface area (Å²) in [6.07, 6.45) is 1.05. The molecule has 0 spiro atoms. The first-order valence-corrected chi connectivity index (χ1v) is 12.9. The predicted molar refractivity (Wildman–Crippen MR) is 140 cm³/mol. The van der Waals surface area contributed by atoms with E-state index in [0.717, 1.165) is 18.2 Å². The molecule has 2 aromatic heterocycles. The largest absolute Gasteiger partial charge is 0.483 e. The number of likely N-dealkylation sites (tertiary alicyclic amines) is 1. The third-order valence-corrected chi connectivity index (χ3v) is 6.49. The normalized spacial score (nSPS) is 14.9. The number of rotatable bonds is 9. The van der Waals surface area contributed by atoms with Gasteiger partial charge in [0.1, 0.15) is 17.6 Å². The molecule has 1 saturated heterocycles. The van der Waals surface area contributed by atoms with Crippen molar-refractivity contribution < 1.29 is 42.1 Å². The van der Waals surface area contributed by atoms with E-state index in [0.29, 0.717) is 41.8 Å². The van der Waals surface area contributed by atoms with E-state index >= 15 is 0 Å². The van der Waals surface area contributed by atoms with Crippen molar-refractivity contribution in [2.24, 2.45) is 0 Å². The molecule has 4 aromatic rings. The average Bonchev–Trinajstić information content (AvgIpc) is 3.58. The molecule has 1 amide bonds. The van der Waals surface area contributed by atoms with Crippen LogP contribution in [0.5, 0.6) is 23.4 Å². The lowest BCUT2D eigenvalue weighted by Gasteiger charge is -2.22. The zero-order valence-electron chi connectivity index (χ0n) is 22.4. The molecule has 13 heteroatoms. The lowest BCUT2D eigenvalue weighted by atomic mass is 10.1. The third-order valence-electron chi connectivity index (χ3n) is 6.49. The van der Waals surface area contributed by atoms with Gasteiger partial charge in [0.25, 0.3) is 17.5 Å². The molecule has 1 atom stereocenters. The average molecular weight is 569 g/mol. The van der Waals surface area contributed by atoms with Gasteiger partial charge >= 0.3 is 12.0 Å². The fourth-order valence-corrected chi connectivity index (χ4v) is 4.68. The Hall–Kier alpha value is -4.81. The van der Waals surface area contributed by atoms with Crippen LogP contribution in [0.1, 0.15) is 30.9 Å². The number of carboxylic acid groups (broad SMARTS) is 1. The zero-order valence-corrected chi connectivity index (χ0v) is 22.4. The van der Waals surface area contributed by atoms with Gasteiger partial charge in [-0.3, -0.25) is 4.79 Å². The molecule has 1 N–H and O–H groups in total. The van der Waals surface area contributed by atoms with E-state index in [1.807, 2.05) is 0 Å². The summed E-state index contributed by atoms with van der Waals surface area (Å²) in [5, 5.41) is 9.35. The number of fused-ring (bicyclic) bond motifs is 1. The SMILES string of the molecule is CCOc1nc(Oc2cc(F)ccc2F)nc2oc(-c3cc(C)c(OCC(=O)N4CCC[C@H]4C(=O)O)c(C)c3)nc12. The molecule has 41 heavy (non-hydrogen) atoms. The van der Waals surface area contributed by atoms with Crippen molar-refractivity contribution in [3.05, 3.63) is 53.1 Å². The second-order valence-electron chi connectivity index (χ2n) is 9.41. The Balaban J connectivity index is 1.40. The number of nitrogens with zero attached hydrogens (tertiary/aromatic N) is 4. The number of halogens is 2. The minimum atomic E-state index is -1.03. The maximum atomic E-state index is 14.1. The molecule has 0 radical (unpaired) electrons. The molecule has 214 valence electrons. The number of aromatic nitrogens is 3. The van der Waals surface area contributed by atoms with Crippen LogP contribution in [0.4, 0.5) is 8.78 Å². The topological polar surface area (TPSA) is 137 Å².